The van der Waals surface area contributed by atoms with Gasteiger partial charge in [0.25, 0.3) is 0 Å². The van der Waals surface area contributed by atoms with Crippen molar-refractivity contribution in [3.63, 3.8) is 0 Å². The summed E-state index contributed by atoms with van der Waals surface area (Å²) in [7, 11) is 0. The van der Waals surface area contributed by atoms with E-state index in [0.29, 0.717) is 0 Å². The zero-order valence-corrected chi connectivity index (χ0v) is 25.5. The van der Waals surface area contributed by atoms with E-state index in [4.69, 9.17) is 0 Å². The number of aryl methyl sites for hydroxylation is 1. The molecule has 0 unspecified atom stereocenters. The maximum Gasteiger partial charge on any atom is 0.0701 e. The number of aromatic nitrogens is 2. The maximum absolute atomic E-state index is 4.56. The molecule has 9 rings (SSSR count). The Labute approximate surface area is 267 Å². The van der Waals surface area contributed by atoms with E-state index in [9.17, 15) is 0 Å². The Morgan fingerprint density at radius 2 is 0.935 bits per heavy atom. The quantitative estimate of drug-likeness (QED) is 0.188. The summed E-state index contributed by atoms with van der Waals surface area (Å²) >= 11 is 0. The predicted molar refractivity (Wildman–Crippen MR) is 195 cm³/mol. The van der Waals surface area contributed by atoms with Crippen molar-refractivity contribution in [2.45, 2.75) is 6.92 Å². The van der Waals surface area contributed by atoms with Crippen LogP contribution in [0.2, 0.25) is 0 Å². The molecule has 216 valence electrons. The van der Waals surface area contributed by atoms with E-state index in [-0.39, 0.29) is 0 Å². The first-order chi connectivity index (χ1) is 22.8. The molecule has 0 saturated carbocycles. The van der Waals surface area contributed by atoms with Gasteiger partial charge in [-0.25, -0.2) is 0 Å². The van der Waals surface area contributed by atoms with E-state index in [2.05, 4.69) is 162 Å². The molecule has 2 heterocycles. The van der Waals surface area contributed by atoms with E-state index in [0.717, 1.165) is 11.3 Å². The molecule has 0 saturated heterocycles. The fraction of sp³-hybridized carbons (Fsp3) is 0.0227. The van der Waals surface area contributed by atoms with E-state index < -0.39 is 0 Å². The third-order valence-electron chi connectivity index (χ3n) is 9.38. The van der Waals surface area contributed by atoms with E-state index in [1.54, 1.807) is 0 Å². The molecule has 0 spiro atoms. The third kappa shape index (κ3) is 4.08. The molecule has 0 N–H and O–H groups in total. The highest BCUT2D eigenvalue weighted by atomic mass is 15.0. The molecule has 46 heavy (non-hydrogen) atoms. The normalized spacial score (nSPS) is 11.6. The van der Waals surface area contributed by atoms with Crippen molar-refractivity contribution >= 4 is 43.4 Å². The zero-order valence-electron chi connectivity index (χ0n) is 25.5. The number of rotatable bonds is 4. The second-order valence-corrected chi connectivity index (χ2v) is 12.0. The van der Waals surface area contributed by atoms with Gasteiger partial charge in [-0.1, -0.05) is 121 Å². The second kappa shape index (κ2) is 10.6. The van der Waals surface area contributed by atoms with Gasteiger partial charge in [-0.3, -0.25) is 4.98 Å². The minimum atomic E-state index is 0.985. The van der Waals surface area contributed by atoms with Crippen LogP contribution in [-0.2, 0) is 0 Å². The van der Waals surface area contributed by atoms with Crippen molar-refractivity contribution in [2.75, 3.05) is 0 Å². The van der Waals surface area contributed by atoms with Crippen molar-refractivity contribution in [3.05, 3.63) is 169 Å². The largest absolute Gasteiger partial charge is 0.309 e. The standard InChI is InChI=1S/C44H30N2/c1-29-28-32(46-41-19-8-6-12-34(41)35-13-7-9-20-42(35)46)25-26-33(29)44-38-16-4-2-14-36(38)43(37-15-3-5-17-39(37)44)31-23-21-30(22-24-31)40-18-10-11-27-45-40/h2-28H,1H3. The number of hydrogen-bond acceptors (Lipinski definition) is 1. The van der Waals surface area contributed by atoms with Gasteiger partial charge in [0.05, 0.1) is 16.7 Å². The summed E-state index contributed by atoms with van der Waals surface area (Å²) in [6.45, 7) is 2.25. The van der Waals surface area contributed by atoms with Crippen LogP contribution in [0.15, 0.2) is 164 Å². The summed E-state index contributed by atoms with van der Waals surface area (Å²) in [5.41, 5.74) is 12.0. The minimum Gasteiger partial charge on any atom is -0.309 e. The topological polar surface area (TPSA) is 17.8 Å². The smallest absolute Gasteiger partial charge is 0.0701 e. The van der Waals surface area contributed by atoms with Crippen LogP contribution in [0.25, 0.3) is 82.5 Å². The molecule has 0 fully saturated rings. The highest BCUT2D eigenvalue weighted by Crippen LogP contribution is 2.45. The molecule has 0 aliphatic rings. The molecule has 0 atom stereocenters. The molecule has 0 amide bonds. The predicted octanol–water partition coefficient (Wildman–Crippen LogP) is 11.8. The summed E-state index contributed by atoms with van der Waals surface area (Å²) in [5.74, 6) is 0. The fourth-order valence-corrected chi connectivity index (χ4v) is 7.34. The summed E-state index contributed by atoms with van der Waals surface area (Å²) in [6, 6.07) is 57.0. The van der Waals surface area contributed by atoms with Gasteiger partial charge in [0.1, 0.15) is 0 Å². The lowest BCUT2D eigenvalue weighted by Gasteiger charge is -2.19. The average molecular weight is 587 g/mol. The van der Waals surface area contributed by atoms with Crippen molar-refractivity contribution in [1.29, 1.82) is 0 Å². The van der Waals surface area contributed by atoms with Crippen molar-refractivity contribution < 1.29 is 0 Å². The Hall–Kier alpha value is -5.99. The van der Waals surface area contributed by atoms with Crippen LogP contribution >= 0.6 is 0 Å². The lowest BCUT2D eigenvalue weighted by Crippen LogP contribution is -1.97. The zero-order chi connectivity index (χ0) is 30.6. The summed E-state index contributed by atoms with van der Waals surface area (Å²) in [6.07, 6.45) is 1.85. The highest BCUT2D eigenvalue weighted by Gasteiger charge is 2.19. The number of para-hydroxylation sites is 2. The minimum absolute atomic E-state index is 0.985. The Morgan fingerprint density at radius 1 is 0.435 bits per heavy atom. The molecule has 2 nitrogen and oxygen atoms in total. The molecule has 0 bridgehead atoms. The molecule has 2 heteroatoms. The fourth-order valence-electron chi connectivity index (χ4n) is 7.34. The highest BCUT2D eigenvalue weighted by molar-refractivity contribution is 6.21. The lowest BCUT2D eigenvalue weighted by atomic mass is 9.84. The van der Waals surface area contributed by atoms with Gasteiger partial charge < -0.3 is 4.57 Å². The van der Waals surface area contributed by atoms with Crippen LogP contribution in [0.1, 0.15) is 5.56 Å². The van der Waals surface area contributed by atoms with Gasteiger partial charge in [0, 0.05) is 28.2 Å². The Morgan fingerprint density at radius 3 is 1.48 bits per heavy atom. The summed E-state index contributed by atoms with van der Waals surface area (Å²) < 4.78 is 2.40. The molecule has 9 aromatic rings. The van der Waals surface area contributed by atoms with Gasteiger partial charge in [-0.15, -0.1) is 0 Å². The van der Waals surface area contributed by atoms with Crippen LogP contribution in [0.5, 0.6) is 0 Å². The summed E-state index contributed by atoms with van der Waals surface area (Å²) in [4.78, 5) is 4.56. The molecule has 7 aromatic carbocycles. The Bertz CT molecular complexity index is 2460. The molecule has 0 aliphatic heterocycles. The number of nitrogens with zero attached hydrogens (tertiary/aromatic N) is 2. The van der Waals surface area contributed by atoms with E-state index in [1.165, 1.54) is 76.9 Å². The first-order valence-electron chi connectivity index (χ1n) is 15.8. The van der Waals surface area contributed by atoms with Gasteiger partial charge >= 0.3 is 0 Å². The molecule has 2 aromatic heterocycles. The van der Waals surface area contributed by atoms with Crippen molar-refractivity contribution in [1.82, 2.24) is 9.55 Å². The molecular formula is C44H30N2. The SMILES string of the molecule is Cc1cc(-n2c3ccccc3c3ccccc32)ccc1-c1c2ccccc2c(-c2ccc(-c3ccccn3)cc2)c2ccccc12. The number of hydrogen-bond donors (Lipinski definition) is 0. The van der Waals surface area contributed by atoms with Gasteiger partial charge in [0.2, 0.25) is 0 Å². The maximum atomic E-state index is 4.56. The third-order valence-corrected chi connectivity index (χ3v) is 9.38. The van der Waals surface area contributed by atoms with E-state index in [1.807, 2.05) is 18.3 Å². The molecule has 0 radical (unpaired) electrons. The van der Waals surface area contributed by atoms with Crippen molar-refractivity contribution in [2.24, 2.45) is 0 Å². The van der Waals surface area contributed by atoms with Gasteiger partial charge in [0.15, 0.2) is 0 Å². The number of benzene rings is 7. The van der Waals surface area contributed by atoms with Crippen LogP contribution in [0.3, 0.4) is 0 Å². The first kappa shape index (κ1) is 26.4. The number of fused-ring (bicyclic) bond motifs is 5. The van der Waals surface area contributed by atoms with E-state index >= 15 is 0 Å². The van der Waals surface area contributed by atoms with Gasteiger partial charge in [-0.2, -0.15) is 0 Å². The molecule has 0 aliphatic carbocycles. The van der Waals surface area contributed by atoms with Crippen LogP contribution < -0.4 is 0 Å². The Kier molecular flexibility index (Phi) is 6.07. The van der Waals surface area contributed by atoms with Crippen LogP contribution in [0.4, 0.5) is 0 Å². The lowest BCUT2D eigenvalue weighted by molar-refractivity contribution is 1.17. The Balaban J connectivity index is 1.25. The molecular weight excluding hydrogens is 556 g/mol. The van der Waals surface area contributed by atoms with Gasteiger partial charge in [-0.05, 0) is 92.7 Å². The average Bonchev–Trinajstić information content (AvgIpc) is 3.46. The summed E-state index contributed by atoms with van der Waals surface area (Å²) in [5, 5.41) is 7.59. The first-order valence-corrected chi connectivity index (χ1v) is 15.8. The van der Waals surface area contributed by atoms with Crippen LogP contribution in [-0.4, -0.2) is 9.55 Å². The second-order valence-electron chi connectivity index (χ2n) is 12.0. The van der Waals surface area contributed by atoms with Crippen LogP contribution in [0, 0.1) is 6.92 Å². The number of pyridine rings is 1. The van der Waals surface area contributed by atoms with Crippen molar-refractivity contribution in [3.8, 4) is 39.2 Å². The monoisotopic (exact) mass is 586 g/mol.